The Morgan fingerprint density at radius 2 is 2.26 bits per heavy atom. The maximum absolute atomic E-state index is 12.0. The zero-order valence-electron chi connectivity index (χ0n) is 13.7. The molecule has 1 amide bonds. The second-order valence-corrected chi connectivity index (χ2v) is 6.41. The lowest BCUT2D eigenvalue weighted by Crippen LogP contribution is -2.31. The van der Waals surface area contributed by atoms with E-state index in [1.165, 1.54) is 11.8 Å². The fourth-order valence-electron chi connectivity index (χ4n) is 1.97. The topological polar surface area (TPSA) is 81.9 Å². The minimum Gasteiger partial charge on any atom is -0.494 e. The minimum atomic E-state index is -0.290. The Hall–Kier alpha value is -2.09. The normalized spacial score (nSPS) is 12.0. The van der Waals surface area contributed by atoms with Gasteiger partial charge in [-0.3, -0.25) is 4.79 Å². The average molecular weight is 335 g/mol. The number of thioether (sulfide) groups is 1. The Morgan fingerprint density at radius 3 is 2.96 bits per heavy atom. The van der Waals surface area contributed by atoms with Gasteiger partial charge in [0.1, 0.15) is 11.4 Å². The Bertz CT molecular complexity index is 674. The van der Waals surface area contributed by atoms with Crippen molar-refractivity contribution >= 4 is 17.7 Å². The first-order valence-electron chi connectivity index (χ1n) is 7.44. The van der Waals surface area contributed by atoms with E-state index in [0.29, 0.717) is 17.5 Å². The molecule has 23 heavy (non-hydrogen) atoms. The number of tetrazole rings is 1. The third-order valence-electron chi connectivity index (χ3n) is 3.20. The quantitative estimate of drug-likeness (QED) is 0.779. The molecule has 8 heteroatoms. The number of rotatable bonds is 7. The van der Waals surface area contributed by atoms with Crippen LogP contribution >= 0.6 is 11.8 Å². The van der Waals surface area contributed by atoms with Crippen molar-refractivity contribution in [1.29, 1.82) is 0 Å². The summed E-state index contributed by atoms with van der Waals surface area (Å²) in [7, 11) is 1.60. The van der Waals surface area contributed by atoms with Gasteiger partial charge in [-0.25, -0.2) is 0 Å². The molecule has 1 heterocycles. The van der Waals surface area contributed by atoms with Gasteiger partial charge >= 0.3 is 0 Å². The van der Waals surface area contributed by atoms with Gasteiger partial charge in [0.2, 0.25) is 11.1 Å². The van der Waals surface area contributed by atoms with Crippen molar-refractivity contribution in [3.63, 3.8) is 0 Å². The number of hydrogen-bond acceptors (Lipinski definition) is 6. The Kier molecular flexibility index (Phi) is 5.97. The van der Waals surface area contributed by atoms with Gasteiger partial charge in [-0.15, -0.1) is 5.10 Å². The first-order chi connectivity index (χ1) is 11.1. The summed E-state index contributed by atoms with van der Waals surface area (Å²) in [4.78, 5) is 12.0. The maximum Gasteiger partial charge on any atom is 0.233 e. The number of hydrogen-bond donors (Lipinski definition) is 1. The lowest BCUT2D eigenvalue weighted by atomic mass is 10.2. The highest BCUT2D eigenvalue weighted by Crippen LogP contribution is 2.28. The van der Waals surface area contributed by atoms with E-state index < -0.39 is 0 Å². The number of benzene rings is 1. The van der Waals surface area contributed by atoms with Gasteiger partial charge in [0.15, 0.2) is 0 Å². The van der Waals surface area contributed by atoms with E-state index in [1.54, 1.807) is 11.8 Å². The zero-order valence-corrected chi connectivity index (χ0v) is 14.6. The van der Waals surface area contributed by atoms with Gasteiger partial charge in [0.05, 0.1) is 12.4 Å². The number of carbonyl (C=O) groups is 1. The third-order valence-corrected chi connectivity index (χ3v) is 4.24. The Labute approximate surface area is 139 Å². The van der Waals surface area contributed by atoms with E-state index in [0.717, 1.165) is 17.7 Å². The van der Waals surface area contributed by atoms with Crippen molar-refractivity contribution in [3.05, 3.63) is 23.8 Å². The summed E-state index contributed by atoms with van der Waals surface area (Å²) in [6.45, 7) is 6.51. The monoisotopic (exact) mass is 335 g/mol. The summed E-state index contributed by atoms with van der Waals surface area (Å²) < 4.78 is 6.98. The second kappa shape index (κ2) is 7.96. The van der Waals surface area contributed by atoms with Crippen LogP contribution in [-0.4, -0.2) is 45.0 Å². The number of methoxy groups -OCH3 is 1. The van der Waals surface area contributed by atoms with Crippen molar-refractivity contribution in [1.82, 2.24) is 25.5 Å². The van der Waals surface area contributed by atoms with Gasteiger partial charge in [-0.05, 0) is 48.4 Å². The van der Waals surface area contributed by atoms with Gasteiger partial charge < -0.3 is 10.1 Å². The van der Waals surface area contributed by atoms with Crippen LogP contribution < -0.4 is 10.1 Å². The van der Waals surface area contributed by atoms with Crippen LogP contribution in [0.1, 0.15) is 25.8 Å². The molecule has 0 spiro atoms. The molecule has 0 saturated carbocycles. The molecule has 2 aromatic rings. The van der Waals surface area contributed by atoms with Crippen molar-refractivity contribution in [3.8, 4) is 11.4 Å². The molecule has 0 fully saturated rings. The zero-order chi connectivity index (χ0) is 16.8. The first kappa shape index (κ1) is 17.3. The van der Waals surface area contributed by atoms with Crippen molar-refractivity contribution in [2.24, 2.45) is 0 Å². The fourth-order valence-corrected chi connectivity index (χ4v) is 2.80. The van der Waals surface area contributed by atoms with E-state index in [4.69, 9.17) is 4.74 Å². The molecule has 2 rings (SSSR count). The highest BCUT2D eigenvalue weighted by molar-refractivity contribution is 8.00. The summed E-state index contributed by atoms with van der Waals surface area (Å²) in [5.74, 6) is 0.649. The molecule has 1 aromatic heterocycles. The van der Waals surface area contributed by atoms with Crippen LogP contribution in [0.2, 0.25) is 0 Å². The molecule has 0 bridgehead atoms. The summed E-state index contributed by atoms with van der Waals surface area (Å²) in [5, 5.41) is 14.9. The molecule has 1 unspecified atom stereocenters. The number of carbonyl (C=O) groups excluding carboxylic acids is 1. The molecule has 0 aliphatic carbocycles. The molecule has 1 aromatic carbocycles. The maximum atomic E-state index is 12.0. The number of nitrogens with zero attached hydrogens (tertiary/aromatic N) is 4. The van der Waals surface area contributed by atoms with Crippen molar-refractivity contribution < 1.29 is 9.53 Å². The number of aromatic nitrogens is 4. The number of ether oxygens (including phenoxy) is 1. The molecule has 124 valence electrons. The lowest BCUT2D eigenvalue weighted by Gasteiger charge is -2.13. The molecule has 7 nitrogen and oxygen atoms in total. The van der Waals surface area contributed by atoms with Gasteiger partial charge in [-0.2, -0.15) is 4.68 Å². The summed E-state index contributed by atoms with van der Waals surface area (Å²) in [6, 6.07) is 5.78. The number of amides is 1. The molecule has 0 aliphatic rings. The highest BCUT2D eigenvalue weighted by Gasteiger charge is 2.20. The smallest absolute Gasteiger partial charge is 0.233 e. The predicted molar refractivity (Wildman–Crippen MR) is 89.1 cm³/mol. The first-order valence-corrected chi connectivity index (χ1v) is 8.32. The van der Waals surface area contributed by atoms with Gasteiger partial charge in [0, 0.05) is 6.54 Å². The lowest BCUT2D eigenvalue weighted by molar-refractivity contribution is -0.120. The van der Waals surface area contributed by atoms with E-state index in [-0.39, 0.29) is 11.2 Å². The molecule has 0 saturated heterocycles. The number of aryl methyl sites for hydroxylation is 1. The number of nitrogens with one attached hydrogen (secondary N) is 1. The average Bonchev–Trinajstić information content (AvgIpc) is 3.00. The Balaban J connectivity index is 2.23. The van der Waals surface area contributed by atoms with Gasteiger partial charge in [0.25, 0.3) is 0 Å². The molecular formula is C15H21N5O2S. The van der Waals surface area contributed by atoms with Crippen molar-refractivity contribution in [2.45, 2.75) is 37.6 Å². The Morgan fingerprint density at radius 1 is 1.48 bits per heavy atom. The molecule has 0 radical (unpaired) electrons. The van der Waals surface area contributed by atoms with E-state index >= 15 is 0 Å². The van der Waals surface area contributed by atoms with E-state index in [2.05, 4.69) is 20.8 Å². The molecule has 1 atom stereocenters. The van der Waals surface area contributed by atoms with E-state index in [1.807, 2.05) is 39.0 Å². The SMILES string of the molecule is CCCNC(=O)C(C)Sc1nnnn1-c1cc(C)ccc1OC. The highest BCUT2D eigenvalue weighted by atomic mass is 32.2. The van der Waals surface area contributed by atoms with Crippen LogP contribution in [0.4, 0.5) is 0 Å². The van der Waals surface area contributed by atoms with Crippen LogP contribution in [0.3, 0.4) is 0 Å². The second-order valence-electron chi connectivity index (χ2n) is 5.10. The van der Waals surface area contributed by atoms with Crippen molar-refractivity contribution in [2.75, 3.05) is 13.7 Å². The fraction of sp³-hybridized carbons (Fsp3) is 0.467. The summed E-state index contributed by atoms with van der Waals surface area (Å²) >= 11 is 1.31. The van der Waals surface area contributed by atoms with Crippen LogP contribution in [0.5, 0.6) is 5.75 Å². The van der Waals surface area contributed by atoms with E-state index in [9.17, 15) is 4.79 Å². The minimum absolute atomic E-state index is 0.0254. The van der Waals surface area contributed by atoms with Crippen LogP contribution in [0.15, 0.2) is 23.4 Å². The largest absolute Gasteiger partial charge is 0.494 e. The summed E-state index contributed by atoms with van der Waals surface area (Å²) in [6.07, 6.45) is 0.904. The van der Waals surface area contributed by atoms with Crippen LogP contribution in [-0.2, 0) is 4.79 Å². The molecular weight excluding hydrogens is 314 g/mol. The van der Waals surface area contributed by atoms with Crippen LogP contribution in [0, 0.1) is 6.92 Å². The summed E-state index contributed by atoms with van der Waals surface area (Å²) in [5.41, 5.74) is 1.82. The van der Waals surface area contributed by atoms with Gasteiger partial charge in [-0.1, -0.05) is 24.8 Å². The third kappa shape index (κ3) is 4.22. The molecule has 1 N–H and O–H groups in total. The molecule has 0 aliphatic heterocycles. The predicted octanol–water partition coefficient (Wildman–Crippen LogP) is 1.99. The van der Waals surface area contributed by atoms with Crippen LogP contribution in [0.25, 0.3) is 5.69 Å². The standard InChI is InChI=1S/C15H21N5O2S/c1-5-8-16-14(21)11(3)23-15-17-18-19-20(15)12-9-10(2)6-7-13(12)22-4/h6-7,9,11H,5,8H2,1-4H3,(H,16,21).